The molecule has 0 aliphatic carbocycles. The summed E-state index contributed by atoms with van der Waals surface area (Å²) in [5, 5.41) is 12.1. The zero-order chi connectivity index (χ0) is 20.8. The zero-order valence-electron chi connectivity index (χ0n) is 16.7. The highest BCUT2D eigenvalue weighted by Crippen LogP contribution is 2.29. The third-order valence-electron chi connectivity index (χ3n) is 4.39. The van der Waals surface area contributed by atoms with Gasteiger partial charge in [0.05, 0.1) is 26.0 Å². The smallest absolute Gasteiger partial charge is 0.230 e. The number of benzene rings is 1. The molecule has 0 aliphatic rings. The van der Waals surface area contributed by atoms with Gasteiger partial charge in [0.1, 0.15) is 11.5 Å². The Labute approximate surface area is 173 Å². The Balaban J connectivity index is 1.63. The molecule has 0 spiro atoms. The average Bonchev–Trinajstić information content (AvgIpc) is 3.12. The summed E-state index contributed by atoms with van der Waals surface area (Å²) in [4.78, 5) is 16.5. The number of carbonyl (C=O) groups is 1. The number of pyridine rings is 1. The first-order valence-corrected chi connectivity index (χ1v) is 9.96. The van der Waals surface area contributed by atoms with Crippen molar-refractivity contribution in [3.05, 3.63) is 48.3 Å². The predicted molar refractivity (Wildman–Crippen MR) is 111 cm³/mol. The Bertz CT molecular complexity index is 978. The highest BCUT2D eigenvalue weighted by molar-refractivity contribution is 7.99. The van der Waals surface area contributed by atoms with Gasteiger partial charge < -0.3 is 19.4 Å². The van der Waals surface area contributed by atoms with Crippen molar-refractivity contribution in [1.82, 2.24) is 25.1 Å². The molecule has 0 radical (unpaired) electrons. The van der Waals surface area contributed by atoms with Crippen molar-refractivity contribution in [2.75, 3.05) is 20.0 Å². The maximum atomic E-state index is 12.5. The molecule has 0 fully saturated rings. The first-order chi connectivity index (χ1) is 14.0. The summed E-state index contributed by atoms with van der Waals surface area (Å²) in [6, 6.07) is 9.01. The maximum Gasteiger partial charge on any atom is 0.230 e. The van der Waals surface area contributed by atoms with Crippen molar-refractivity contribution in [2.24, 2.45) is 7.05 Å². The summed E-state index contributed by atoms with van der Waals surface area (Å²) in [6.07, 6.45) is 3.41. The van der Waals surface area contributed by atoms with E-state index in [1.165, 1.54) is 11.8 Å². The number of rotatable bonds is 8. The molecular formula is C20H23N5O3S. The summed E-state index contributed by atoms with van der Waals surface area (Å²) in [5.74, 6) is 2.24. The number of nitrogens with one attached hydrogen (secondary N) is 1. The second-order valence-electron chi connectivity index (χ2n) is 6.29. The van der Waals surface area contributed by atoms with Crippen molar-refractivity contribution >= 4 is 17.7 Å². The van der Waals surface area contributed by atoms with Crippen LogP contribution in [0.4, 0.5) is 0 Å². The fraction of sp³-hybridized carbons (Fsp3) is 0.300. The standard InChI is InChI=1S/C20H23N5O3S/c1-13(16-11-15(27-3)5-6-17(16)28-4)22-18(26)12-29-20-24-23-19(25(20)2)14-7-9-21-10-8-14/h5-11,13H,12H2,1-4H3,(H,22,26)/t13-/m0/s1. The molecule has 3 rings (SSSR count). The van der Waals surface area contributed by atoms with Crippen LogP contribution in [0.2, 0.25) is 0 Å². The van der Waals surface area contributed by atoms with Gasteiger partial charge in [0, 0.05) is 30.6 Å². The van der Waals surface area contributed by atoms with E-state index in [0.29, 0.717) is 16.7 Å². The number of hydrogen-bond acceptors (Lipinski definition) is 7. The average molecular weight is 414 g/mol. The van der Waals surface area contributed by atoms with Gasteiger partial charge in [-0.3, -0.25) is 9.78 Å². The number of nitrogens with zero attached hydrogens (tertiary/aromatic N) is 4. The second kappa shape index (κ2) is 9.42. The molecule has 8 nitrogen and oxygen atoms in total. The largest absolute Gasteiger partial charge is 0.497 e. The fourth-order valence-corrected chi connectivity index (χ4v) is 3.58. The quantitative estimate of drug-likeness (QED) is 0.568. The van der Waals surface area contributed by atoms with Gasteiger partial charge in [0.25, 0.3) is 0 Å². The van der Waals surface area contributed by atoms with E-state index in [1.54, 1.807) is 26.6 Å². The third kappa shape index (κ3) is 4.86. The van der Waals surface area contributed by atoms with E-state index < -0.39 is 0 Å². The van der Waals surface area contributed by atoms with Crippen LogP contribution in [-0.4, -0.2) is 45.6 Å². The Kier molecular flexibility index (Phi) is 6.71. The molecule has 1 amide bonds. The van der Waals surface area contributed by atoms with Gasteiger partial charge in [-0.1, -0.05) is 11.8 Å². The number of ether oxygens (including phenoxy) is 2. The molecule has 2 aromatic heterocycles. The van der Waals surface area contributed by atoms with Crippen LogP contribution in [-0.2, 0) is 11.8 Å². The molecule has 1 atom stereocenters. The first-order valence-electron chi connectivity index (χ1n) is 8.97. The van der Waals surface area contributed by atoms with E-state index >= 15 is 0 Å². The number of carbonyl (C=O) groups excluding carboxylic acids is 1. The molecule has 2 heterocycles. The van der Waals surface area contributed by atoms with Gasteiger partial charge in [0.15, 0.2) is 11.0 Å². The van der Waals surface area contributed by atoms with Crippen LogP contribution >= 0.6 is 11.8 Å². The lowest BCUT2D eigenvalue weighted by molar-refractivity contribution is -0.119. The number of methoxy groups -OCH3 is 2. The second-order valence-corrected chi connectivity index (χ2v) is 7.23. The molecule has 1 aromatic carbocycles. The summed E-state index contributed by atoms with van der Waals surface area (Å²) in [7, 11) is 5.08. The van der Waals surface area contributed by atoms with Crippen LogP contribution in [0.5, 0.6) is 11.5 Å². The van der Waals surface area contributed by atoms with E-state index in [2.05, 4.69) is 20.5 Å². The van der Waals surface area contributed by atoms with Crippen LogP contribution < -0.4 is 14.8 Å². The third-order valence-corrected chi connectivity index (χ3v) is 5.41. The van der Waals surface area contributed by atoms with Crippen LogP contribution in [0, 0.1) is 0 Å². The van der Waals surface area contributed by atoms with E-state index in [4.69, 9.17) is 9.47 Å². The molecule has 1 N–H and O–H groups in total. The number of hydrogen-bond donors (Lipinski definition) is 1. The highest BCUT2D eigenvalue weighted by Gasteiger charge is 2.17. The van der Waals surface area contributed by atoms with Gasteiger partial charge in [-0.15, -0.1) is 10.2 Å². The molecule has 152 valence electrons. The molecular weight excluding hydrogens is 390 g/mol. The summed E-state index contributed by atoms with van der Waals surface area (Å²) in [6.45, 7) is 1.91. The Morgan fingerprint density at radius 2 is 1.93 bits per heavy atom. The molecule has 3 aromatic rings. The topological polar surface area (TPSA) is 91.2 Å². The molecule has 0 saturated carbocycles. The summed E-state index contributed by atoms with van der Waals surface area (Å²) in [5.41, 5.74) is 1.77. The maximum absolute atomic E-state index is 12.5. The number of thioether (sulfide) groups is 1. The SMILES string of the molecule is COc1ccc(OC)c([C@H](C)NC(=O)CSc2nnc(-c3ccncc3)n2C)c1. The normalized spacial score (nSPS) is 11.7. The lowest BCUT2D eigenvalue weighted by atomic mass is 10.1. The Morgan fingerprint density at radius 1 is 1.17 bits per heavy atom. The molecule has 29 heavy (non-hydrogen) atoms. The minimum absolute atomic E-state index is 0.110. The van der Waals surface area contributed by atoms with Gasteiger partial charge in [-0.05, 0) is 37.3 Å². The molecule has 0 aliphatic heterocycles. The van der Waals surface area contributed by atoms with Crippen LogP contribution in [0.15, 0.2) is 47.9 Å². The zero-order valence-corrected chi connectivity index (χ0v) is 17.6. The van der Waals surface area contributed by atoms with E-state index in [1.807, 2.05) is 48.9 Å². The lowest BCUT2D eigenvalue weighted by Gasteiger charge is -2.18. The minimum atomic E-state index is -0.236. The van der Waals surface area contributed by atoms with E-state index in [9.17, 15) is 4.79 Å². The fourth-order valence-electron chi connectivity index (χ4n) is 2.86. The van der Waals surface area contributed by atoms with Crippen molar-refractivity contribution in [2.45, 2.75) is 18.1 Å². The van der Waals surface area contributed by atoms with Gasteiger partial charge >= 0.3 is 0 Å². The van der Waals surface area contributed by atoms with Crippen molar-refractivity contribution < 1.29 is 14.3 Å². The van der Waals surface area contributed by atoms with Crippen molar-refractivity contribution in [3.8, 4) is 22.9 Å². The monoisotopic (exact) mass is 413 g/mol. The molecule has 0 bridgehead atoms. The van der Waals surface area contributed by atoms with Crippen molar-refractivity contribution in [1.29, 1.82) is 0 Å². The minimum Gasteiger partial charge on any atom is -0.497 e. The van der Waals surface area contributed by atoms with Gasteiger partial charge in [-0.25, -0.2) is 0 Å². The first kappa shape index (κ1) is 20.7. The van der Waals surface area contributed by atoms with Gasteiger partial charge in [0.2, 0.25) is 5.91 Å². The van der Waals surface area contributed by atoms with Crippen LogP contribution in [0.3, 0.4) is 0 Å². The predicted octanol–water partition coefficient (Wildman–Crippen LogP) is 2.86. The number of amides is 1. The Hall–Kier alpha value is -3.07. The van der Waals surface area contributed by atoms with E-state index in [-0.39, 0.29) is 17.7 Å². The molecule has 9 heteroatoms. The van der Waals surface area contributed by atoms with Crippen molar-refractivity contribution in [3.63, 3.8) is 0 Å². The number of aromatic nitrogens is 4. The Morgan fingerprint density at radius 3 is 2.62 bits per heavy atom. The lowest BCUT2D eigenvalue weighted by Crippen LogP contribution is -2.28. The molecule has 0 saturated heterocycles. The van der Waals surface area contributed by atoms with E-state index in [0.717, 1.165) is 17.0 Å². The summed E-state index contributed by atoms with van der Waals surface area (Å²) >= 11 is 1.33. The van der Waals surface area contributed by atoms with Crippen LogP contribution in [0.25, 0.3) is 11.4 Å². The highest BCUT2D eigenvalue weighted by atomic mass is 32.2. The van der Waals surface area contributed by atoms with Crippen LogP contribution in [0.1, 0.15) is 18.5 Å². The summed E-state index contributed by atoms with van der Waals surface area (Å²) < 4.78 is 12.5. The van der Waals surface area contributed by atoms with Gasteiger partial charge in [-0.2, -0.15) is 0 Å². The molecule has 0 unspecified atom stereocenters.